The number of hydrogen-bond donors (Lipinski definition) is 0. The van der Waals surface area contributed by atoms with E-state index in [2.05, 4.69) is 9.72 Å². The van der Waals surface area contributed by atoms with E-state index < -0.39 is 23.4 Å². The Kier molecular flexibility index (Phi) is 2.83. The van der Waals surface area contributed by atoms with Crippen LogP contribution in [0.1, 0.15) is 16.1 Å². The lowest BCUT2D eigenvalue weighted by Gasteiger charge is -2.13. The fraction of sp³-hybridized carbons (Fsp3) is 0.250. The van der Waals surface area contributed by atoms with Gasteiger partial charge in [0.05, 0.1) is 13.1 Å². The van der Waals surface area contributed by atoms with Gasteiger partial charge in [0.15, 0.2) is 5.69 Å². The molecule has 0 spiro atoms. The number of alkyl halides is 3. The summed E-state index contributed by atoms with van der Waals surface area (Å²) in [6.45, 7) is 0. The second-order valence-corrected chi connectivity index (χ2v) is 2.53. The average molecular weight is 220 g/mol. The predicted molar refractivity (Wildman–Crippen MR) is 40.1 cm³/mol. The number of carbonyl (C=O) groups excluding carboxylic acids is 1. The number of methoxy groups -OCH3 is 1. The van der Waals surface area contributed by atoms with Crippen molar-refractivity contribution in [2.24, 2.45) is 0 Å². The lowest BCUT2D eigenvalue weighted by Crippen LogP contribution is -2.27. The van der Waals surface area contributed by atoms with Gasteiger partial charge in [0.1, 0.15) is 0 Å². The lowest BCUT2D eigenvalue weighted by atomic mass is 10.2. The fourth-order valence-electron chi connectivity index (χ4n) is 0.936. The first-order valence-corrected chi connectivity index (χ1v) is 3.70. The molecule has 0 saturated carbocycles. The molecule has 0 aliphatic heterocycles. The maximum Gasteiger partial charge on any atom is 0.434 e. The standard InChI is InChI=1S/C8H6F3NO3/c1-15-5-3-2-4(7(13)14)6(12-5)8(9,10)11/h2-3H,1H3,(H,13,14)/p-1. The minimum Gasteiger partial charge on any atom is -0.545 e. The molecule has 82 valence electrons. The predicted octanol–water partition coefficient (Wildman–Crippen LogP) is 0.473. The highest BCUT2D eigenvalue weighted by atomic mass is 19.4. The second kappa shape index (κ2) is 3.76. The highest BCUT2D eigenvalue weighted by Crippen LogP contribution is 2.31. The van der Waals surface area contributed by atoms with Crippen LogP contribution in [0.2, 0.25) is 0 Å². The smallest absolute Gasteiger partial charge is 0.434 e. The first-order chi connectivity index (χ1) is 6.86. The third kappa shape index (κ3) is 2.36. The molecule has 0 N–H and O–H groups in total. The van der Waals surface area contributed by atoms with E-state index >= 15 is 0 Å². The van der Waals surface area contributed by atoms with Crippen LogP contribution in [-0.4, -0.2) is 18.1 Å². The molecule has 0 unspecified atom stereocenters. The Morgan fingerprint density at radius 3 is 2.47 bits per heavy atom. The van der Waals surface area contributed by atoms with Crippen LogP contribution in [0.15, 0.2) is 12.1 Å². The fourth-order valence-corrected chi connectivity index (χ4v) is 0.936. The van der Waals surface area contributed by atoms with Crippen molar-refractivity contribution in [3.05, 3.63) is 23.4 Å². The Bertz CT molecular complexity index is 389. The van der Waals surface area contributed by atoms with Crippen molar-refractivity contribution < 1.29 is 27.8 Å². The zero-order valence-electron chi connectivity index (χ0n) is 7.46. The number of pyridine rings is 1. The van der Waals surface area contributed by atoms with E-state index in [4.69, 9.17) is 0 Å². The summed E-state index contributed by atoms with van der Waals surface area (Å²) in [5, 5.41) is 10.4. The van der Waals surface area contributed by atoms with Crippen molar-refractivity contribution in [2.45, 2.75) is 6.18 Å². The lowest BCUT2D eigenvalue weighted by molar-refractivity contribution is -0.255. The van der Waals surface area contributed by atoms with E-state index in [1.54, 1.807) is 0 Å². The van der Waals surface area contributed by atoms with Gasteiger partial charge in [-0.25, -0.2) is 4.98 Å². The molecule has 1 rings (SSSR count). The molecular weight excluding hydrogens is 215 g/mol. The molecule has 7 heteroatoms. The summed E-state index contributed by atoms with van der Waals surface area (Å²) in [7, 11) is 1.13. The number of hydrogen-bond acceptors (Lipinski definition) is 4. The number of rotatable bonds is 2. The van der Waals surface area contributed by atoms with E-state index in [1.807, 2.05) is 0 Å². The summed E-state index contributed by atoms with van der Waals surface area (Å²) >= 11 is 0. The first-order valence-electron chi connectivity index (χ1n) is 3.70. The number of halogens is 3. The molecule has 1 aromatic heterocycles. The Morgan fingerprint density at radius 2 is 2.07 bits per heavy atom. The van der Waals surface area contributed by atoms with Gasteiger partial charge in [0.2, 0.25) is 5.88 Å². The minimum atomic E-state index is -4.86. The van der Waals surface area contributed by atoms with Crippen LogP contribution in [0.3, 0.4) is 0 Å². The molecule has 15 heavy (non-hydrogen) atoms. The number of aromatic nitrogens is 1. The molecule has 0 aliphatic rings. The zero-order chi connectivity index (χ0) is 11.6. The van der Waals surface area contributed by atoms with Crippen molar-refractivity contribution in [3.63, 3.8) is 0 Å². The SMILES string of the molecule is COc1ccc(C(=O)[O-])c(C(F)(F)F)n1. The van der Waals surface area contributed by atoms with E-state index in [9.17, 15) is 23.1 Å². The summed E-state index contributed by atoms with van der Waals surface area (Å²) in [5.74, 6) is -2.25. The number of aromatic carboxylic acids is 1. The van der Waals surface area contributed by atoms with Gasteiger partial charge >= 0.3 is 6.18 Å². The van der Waals surface area contributed by atoms with Crippen LogP contribution in [-0.2, 0) is 6.18 Å². The Balaban J connectivity index is 3.36. The maximum atomic E-state index is 12.3. The van der Waals surface area contributed by atoms with Crippen LogP contribution in [0, 0.1) is 0 Å². The van der Waals surface area contributed by atoms with Crippen molar-refractivity contribution in [1.29, 1.82) is 0 Å². The molecule has 0 aliphatic carbocycles. The summed E-state index contributed by atoms with van der Waals surface area (Å²) in [5.41, 5.74) is -2.54. The molecule has 0 saturated heterocycles. The zero-order valence-corrected chi connectivity index (χ0v) is 7.46. The van der Waals surface area contributed by atoms with Crippen molar-refractivity contribution in [1.82, 2.24) is 4.98 Å². The summed E-state index contributed by atoms with van der Waals surface area (Å²) in [4.78, 5) is 13.4. The van der Waals surface area contributed by atoms with E-state index in [-0.39, 0.29) is 5.88 Å². The van der Waals surface area contributed by atoms with Crippen LogP contribution < -0.4 is 9.84 Å². The summed E-state index contributed by atoms with van der Waals surface area (Å²) in [6, 6.07) is 1.75. The normalized spacial score (nSPS) is 11.2. The molecule has 4 nitrogen and oxygen atoms in total. The van der Waals surface area contributed by atoms with Gasteiger partial charge in [0.25, 0.3) is 0 Å². The van der Waals surface area contributed by atoms with Gasteiger partial charge in [-0.05, 0) is 6.07 Å². The Hall–Kier alpha value is -1.79. The molecule has 1 aromatic rings. The average Bonchev–Trinajstić information content (AvgIpc) is 2.15. The van der Waals surface area contributed by atoms with E-state index in [0.717, 1.165) is 19.2 Å². The minimum absolute atomic E-state index is 0.313. The molecule has 0 aromatic carbocycles. The van der Waals surface area contributed by atoms with Crippen molar-refractivity contribution in [2.75, 3.05) is 7.11 Å². The molecule has 0 amide bonds. The summed E-state index contributed by atoms with van der Waals surface area (Å²) in [6.07, 6.45) is -4.86. The molecule has 0 atom stereocenters. The number of carbonyl (C=O) groups is 1. The van der Waals surface area contributed by atoms with E-state index in [1.165, 1.54) is 0 Å². The molecular formula is C8H5F3NO3-. The van der Waals surface area contributed by atoms with Gasteiger partial charge in [-0.3, -0.25) is 0 Å². The summed E-state index contributed by atoms with van der Waals surface area (Å²) < 4.78 is 41.4. The second-order valence-electron chi connectivity index (χ2n) is 2.53. The third-order valence-electron chi connectivity index (χ3n) is 1.57. The van der Waals surface area contributed by atoms with Crippen LogP contribution in [0.25, 0.3) is 0 Å². The Morgan fingerprint density at radius 1 is 1.47 bits per heavy atom. The van der Waals surface area contributed by atoms with Crippen LogP contribution in [0.5, 0.6) is 5.88 Å². The number of carboxylic acids is 1. The van der Waals surface area contributed by atoms with Gasteiger partial charge < -0.3 is 14.6 Å². The number of carboxylic acid groups (broad SMARTS) is 1. The third-order valence-corrected chi connectivity index (χ3v) is 1.57. The largest absolute Gasteiger partial charge is 0.545 e. The highest BCUT2D eigenvalue weighted by Gasteiger charge is 2.36. The quantitative estimate of drug-likeness (QED) is 0.726. The van der Waals surface area contributed by atoms with Gasteiger partial charge in [-0.1, -0.05) is 0 Å². The van der Waals surface area contributed by atoms with Gasteiger partial charge in [0, 0.05) is 11.6 Å². The van der Waals surface area contributed by atoms with Crippen molar-refractivity contribution >= 4 is 5.97 Å². The molecule has 1 heterocycles. The van der Waals surface area contributed by atoms with Gasteiger partial charge in [-0.15, -0.1) is 0 Å². The first kappa shape index (κ1) is 11.3. The highest BCUT2D eigenvalue weighted by molar-refractivity contribution is 5.87. The van der Waals surface area contributed by atoms with Crippen LogP contribution in [0.4, 0.5) is 13.2 Å². The van der Waals surface area contributed by atoms with Crippen LogP contribution >= 0.6 is 0 Å². The van der Waals surface area contributed by atoms with E-state index in [0.29, 0.717) is 0 Å². The van der Waals surface area contributed by atoms with Gasteiger partial charge in [-0.2, -0.15) is 13.2 Å². The maximum absolute atomic E-state index is 12.3. The number of ether oxygens (including phenoxy) is 1. The van der Waals surface area contributed by atoms with Crippen molar-refractivity contribution in [3.8, 4) is 5.88 Å². The number of nitrogens with zero attached hydrogens (tertiary/aromatic N) is 1. The molecule has 0 radical (unpaired) electrons. The molecule has 0 bridgehead atoms. The topological polar surface area (TPSA) is 62.2 Å². The molecule has 0 fully saturated rings. The Labute approximate surface area is 82.3 Å². The monoisotopic (exact) mass is 220 g/mol.